The number of aliphatic hydroxyl groups excluding tert-OH is 1. The summed E-state index contributed by atoms with van der Waals surface area (Å²) in [5.41, 5.74) is 1.16. The van der Waals surface area contributed by atoms with E-state index in [1.54, 1.807) is 29.0 Å². The third kappa shape index (κ3) is 7.25. The van der Waals surface area contributed by atoms with Crippen molar-refractivity contribution in [1.82, 2.24) is 9.80 Å². The maximum atomic E-state index is 14.8. The van der Waals surface area contributed by atoms with Crippen LogP contribution in [0.15, 0.2) is 79.9 Å². The SMILES string of the molecule is C=CCCC(=O)N(C)[C@@H](C)[C@@H](OC(=O)[C@@H]1[C@H]2C(=O)N(CCCO)[C@H](C(=O)N(CC=C)c3ccc(N(CC)CC)cc3)[C@]23CC[C@H]1O3)c1ccccc1. The number of rotatable bonds is 18. The summed E-state index contributed by atoms with van der Waals surface area (Å²) in [5, 5.41) is 9.80. The van der Waals surface area contributed by atoms with E-state index in [0.29, 0.717) is 30.5 Å². The third-order valence-electron chi connectivity index (χ3n) is 11.1. The van der Waals surface area contributed by atoms with Crippen LogP contribution in [-0.4, -0.2) is 102 Å². The fourth-order valence-electron chi connectivity index (χ4n) is 8.34. The van der Waals surface area contributed by atoms with E-state index < -0.39 is 47.7 Å². The largest absolute Gasteiger partial charge is 0.455 e. The molecule has 3 fully saturated rings. The van der Waals surface area contributed by atoms with Crippen molar-refractivity contribution in [3.05, 3.63) is 85.5 Å². The number of ether oxygens (including phenoxy) is 2. The van der Waals surface area contributed by atoms with Gasteiger partial charge in [-0.1, -0.05) is 42.5 Å². The number of fused-ring (bicyclic) bond motifs is 1. The number of carbonyl (C=O) groups excluding carboxylic acids is 4. The van der Waals surface area contributed by atoms with E-state index in [0.717, 1.165) is 18.8 Å². The maximum Gasteiger partial charge on any atom is 0.313 e. The molecule has 280 valence electrons. The first kappa shape index (κ1) is 38.7. The number of likely N-dealkylation sites (N-methyl/N-ethyl adjacent to an activating group) is 1. The molecule has 0 unspecified atom stereocenters. The summed E-state index contributed by atoms with van der Waals surface area (Å²) >= 11 is 0. The van der Waals surface area contributed by atoms with Crippen molar-refractivity contribution in [2.24, 2.45) is 11.8 Å². The molecule has 52 heavy (non-hydrogen) atoms. The number of likely N-dealkylation sites (tertiary alicyclic amines) is 1. The minimum atomic E-state index is -1.25. The number of amides is 3. The number of esters is 1. The lowest BCUT2D eigenvalue weighted by atomic mass is 9.70. The van der Waals surface area contributed by atoms with Crippen molar-refractivity contribution in [3.8, 4) is 0 Å². The fourth-order valence-corrected chi connectivity index (χ4v) is 8.34. The van der Waals surface area contributed by atoms with Gasteiger partial charge >= 0.3 is 5.97 Å². The lowest BCUT2D eigenvalue weighted by Gasteiger charge is -2.37. The summed E-state index contributed by atoms with van der Waals surface area (Å²) in [6, 6.07) is 15.5. The van der Waals surface area contributed by atoms with E-state index >= 15 is 0 Å². The molecular weight excluding hydrogens is 660 g/mol. The second-order valence-electron chi connectivity index (χ2n) is 13.9. The molecule has 0 radical (unpaired) electrons. The molecule has 11 nitrogen and oxygen atoms in total. The summed E-state index contributed by atoms with van der Waals surface area (Å²) in [7, 11) is 1.69. The van der Waals surface area contributed by atoms with Gasteiger partial charge in [-0.15, -0.1) is 13.2 Å². The fraction of sp³-hybridized carbons (Fsp3) is 0.512. The molecule has 2 bridgehead atoms. The predicted molar refractivity (Wildman–Crippen MR) is 201 cm³/mol. The highest BCUT2D eigenvalue weighted by atomic mass is 16.6. The Morgan fingerprint density at radius 2 is 1.73 bits per heavy atom. The highest BCUT2D eigenvalue weighted by Crippen LogP contribution is 2.59. The highest BCUT2D eigenvalue weighted by molar-refractivity contribution is 6.04. The monoisotopic (exact) mass is 714 g/mol. The molecule has 3 saturated heterocycles. The average molecular weight is 715 g/mol. The Bertz CT molecular complexity index is 1600. The third-order valence-corrected chi connectivity index (χ3v) is 11.1. The number of hydrogen-bond acceptors (Lipinski definition) is 8. The number of hydrogen-bond donors (Lipinski definition) is 1. The Kier molecular flexibility index (Phi) is 12.6. The molecule has 0 aromatic heterocycles. The van der Waals surface area contributed by atoms with Crippen LogP contribution >= 0.6 is 0 Å². The van der Waals surface area contributed by atoms with Gasteiger partial charge in [-0.3, -0.25) is 19.2 Å². The van der Waals surface area contributed by atoms with Gasteiger partial charge in [0, 0.05) is 57.6 Å². The van der Waals surface area contributed by atoms with Crippen LogP contribution in [-0.2, 0) is 28.7 Å². The van der Waals surface area contributed by atoms with Gasteiger partial charge in [0.05, 0.1) is 24.0 Å². The second kappa shape index (κ2) is 16.9. The van der Waals surface area contributed by atoms with Gasteiger partial charge in [0.1, 0.15) is 17.7 Å². The first-order chi connectivity index (χ1) is 25.1. The van der Waals surface area contributed by atoms with Crippen molar-refractivity contribution < 1.29 is 33.8 Å². The molecule has 5 rings (SSSR count). The molecule has 2 aromatic rings. The summed E-state index contributed by atoms with van der Waals surface area (Å²) < 4.78 is 13.0. The van der Waals surface area contributed by atoms with Crippen LogP contribution in [0.5, 0.6) is 0 Å². The standard InChI is InChI=1S/C41H54N4O7/c1-7-11-18-33(47)42(6)28(5)36(29-16-13-12-14-17-29)51-40(50)34-32-23-24-41(52-32)35(34)38(48)45(26-15-27-46)37(41)39(49)44(25-8-2)31-21-19-30(20-22-31)43(9-3)10-4/h7-8,12-14,16-17,19-22,28,32,34-37,46H,1-2,9-11,15,18,23-27H2,3-6H3/t28-,32+,34-,35-,36+,37+,41-/m0/s1. The van der Waals surface area contributed by atoms with Gasteiger partial charge in [0.25, 0.3) is 5.91 Å². The number of carbonyl (C=O) groups is 4. The lowest BCUT2D eigenvalue weighted by Crippen LogP contribution is -2.56. The first-order valence-electron chi connectivity index (χ1n) is 18.6. The molecule has 0 saturated carbocycles. The van der Waals surface area contributed by atoms with Gasteiger partial charge in [-0.2, -0.15) is 0 Å². The summed E-state index contributed by atoms with van der Waals surface area (Å²) in [5.74, 6) is -3.27. The second-order valence-corrected chi connectivity index (χ2v) is 13.9. The first-order valence-corrected chi connectivity index (χ1v) is 18.6. The minimum Gasteiger partial charge on any atom is -0.455 e. The molecule has 7 atom stereocenters. The van der Waals surface area contributed by atoms with Crippen molar-refractivity contribution in [1.29, 1.82) is 0 Å². The Balaban J connectivity index is 1.47. The Morgan fingerprint density at radius 3 is 2.35 bits per heavy atom. The van der Waals surface area contributed by atoms with Crippen molar-refractivity contribution in [3.63, 3.8) is 0 Å². The Hall–Kier alpha value is -4.48. The number of allylic oxidation sites excluding steroid dienone is 1. The average Bonchev–Trinajstić information content (AvgIpc) is 3.81. The zero-order valence-corrected chi connectivity index (χ0v) is 31.0. The predicted octanol–water partition coefficient (Wildman–Crippen LogP) is 4.91. The smallest absolute Gasteiger partial charge is 0.313 e. The molecule has 3 aliphatic heterocycles. The van der Waals surface area contributed by atoms with E-state index in [1.807, 2.05) is 61.5 Å². The van der Waals surface area contributed by atoms with Gasteiger partial charge < -0.3 is 34.2 Å². The van der Waals surface area contributed by atoms with Crippen LogP contribution in [0.2, 0.25) is 0 Å². The molecular formula is C41H54N4O7. The highest BCUT2D eigenvalue weighted by Gasteiger charge is 2.75. The number of nitrogens with zero attached hydrogens (tertiary/aromatic N) is 4. The number of aliphatic hydroxyl groups is 1. The topological polar surface area (TPSA) is 120 Å². The molecule has 3 aliphatic rings. The summed E-state index contributed by atoms with van der Waals surface area (Å²) in [6.45, 7) is 15.5. The molecule has 1 spiro atoms. The van der Waals surface area contributed by atoms with Gasteiger partial charge in [-0.05, 0) is 76.3 Å². The quantitative estimate of drug-likeness (QED) is 0.171. The zero-order valence-electron chi connectivity index (χ0n) is 31.0. The van der Waals surface area contributed by atoms with Gasteiger partial charge in [0.15, 0.2) is 0 Å². The van der Waals surface area contributed by atoms with E-state index in [2.05, 4.69) is 31.9 Å². The molecule has 3 heterocycles. The van der Waals surface area contributed by atoms with Crippen LogP contribution in [0.4, 0.5) is 11.4 Å². The van der Waals surface area contributed by atoms with E-state index in [1.165, 1.54) is 4.90 Å². The van der Waals surface area contributed by atoms with Crippen LogP contribution in [0.1, 0.15) is 64.5 Å². The van der Waals surface area contributed by atoms with Crippen LogP contribution in [0, 0.1) is 11.8 Å². The van der Waals surface area contributed by atoms with E-state index in [4.69, 9.17) is 9.47 Å². The molecule has 0 aliphatic carbocycles. The van der Waals surface area contributed by atoms with Crippen molar-refractivity contribution >= 4 is 35.1 Å². The van der Waals surface area contributed by atoms with E-state index in [9.17, 15) is 24.3 Å². The van der Waals surface area contributed by atoms with Gasteiger partial charge in [-0.25, -0.2) is 0 Å². The number of anilines is 2. The lowest BCUT2D eigenvalue weighted by molar-refractivity contribution is -0.164. The maximum absolute atomic E-state index is 14.8. The minimum absolute atomic E-state index is 0.106. The van der Waals surface area contributed by atoms with Crippen LogP contribution in [0.3, 0.4) is 0 Å². The summed E-state index contributed by atoms with van der Waals surface area (Å²) in [6.07, 6.45) is 3.87. The molecule has 3 amide bonds. The Labute approximate surface area is 307 Å². The van der Waals surface area contributed by atoms with Crippen LogP contribution in [0.25, 0.3) is 0 Å². The van der Waals surface area contributed by atoms with Crippen molar-refractivity contribution in [2.45, 2.75) is 82.8 Å². The van der Waals surface area contributed by atoms with Gasteiger partial charge in [0.2, 0.25) is 11.8 Å². The normalized spacial score (nSPS) is 24.2. The van der Waals surface area contributed by atoms with Crippen molar-refractivity contribution in [2.75, 3.05) is 49.6 Å². The summed E-state index contributed by atoms with van der Waals surface area (Å²) in [4.78, 5) is 63.7. The van der Waals surface area contributed by atoms with Crippen LogP contribution < -0.4 is 9.80 Å². The molecule has 2 aromatic carbocycles. The zero-order chi connectivity index (χ0) is 37.6. The Morgan fingerprint density at radius 1 is 1.06 bits per heavy atom. The number of benzene rings is 2. The molecule has 1 N–H and O–H groups in total. The van der Waals surface area contributed by atoms with E-state index in [-0.39, 0.29) is 50.3 Å². The molecule has 11 heteroatoms.